The molecule has 0 aliphatic carbocycles. The van der Waals surface area contributed by atoms with Crippen LogP contribution in [0.3, 0.4) is 0 Å². The van der Waals surface area contributed by atoms with Gasteiger partial charge in [0, 0.05) is 26.0 Å². The number of aromatic nitrogens is 2. The molecule has 0 spiro atoms. The van der Waals surface area contributed by atoms with Crippen molar-refractivity contribution in [3.63, 3.8) is 0 Å². The first kappa shape index (κ1) is 33.6. The van der Waals surface area contributed by atoms with E-state index in [1.54, 1.807) is 24.4 Å². The Hall–Kier alpha value is -1.47. The summed E-state index contributed by atoms with van der Waals surface area (Å²) in [5.74, 6) is 0.184. The van der Waals surface area contributed by atoms with Crippen molar-refractivity contribution in [1.82, 2.24) is 9.55 Å². The highest BCUT2D eigenvalue weighted by molar-refractivity contribution is 7.52. The normalized spacial score (nSPS) is 13.4. The van der Waals surface area contributed by atoms with E-state index in [1.807, 2.05) is 0 Å². The first-order chi connectivity index (χ1) is 17.9. The van der Waals surface area contributed by atoms with Gasteiger partial charge in [-0.3, -0.25) is 9.13 Å². The van der Waals surface area contributed by atoms with Crippen molar-refractivity contribution >= 4 is 13.4 Å². The molecule has 1 aromatic heterocycles. The Balaban J connectivity index is 1.87. The fourth-order valence-corrected chi connectivity index (χ4v) is 5.08. The molecule has 0 bridgehead atoms. The Labute approximate surface area is 224 Å². The van der Waals surface area contributed by atoms with Crippen molar-refractivity contribution in [2.24, 2.45) is 0 Å². The van der Waals surface area contributed by atoms with E-state index >= 15 is 0 Å². The minimum absolute atomic E-state index is 0.0400. The molecule has 1 rings (SSSR count). The summed E-state index contributed by atoms with van der Waals surface area (Å²) in [6, 6.07) is 1.55. The summed E-state index contributed by atoms with van der Waals surface area (Å²) < 4.78 is 24.3. The Morgan fingerprint density at radius 3 is 2.05 bits per heavy atom. The van der Waals surface area contributed by atoms with E-state index in [9.17, 15) is 14.3 Å². The predicted molar refractivity (Wildman–Crippen MR) is 153 cm³/mol. The van der Waals surface area contributed by atoms with E-state index in [4.69, 9.17) is 15.0 Å². The summed E-state index contributed by atoms with van der Waals surface area (Å²) >= 11 is 0. The van der Waals surface area contributed by atoms with Crippen molar-refractivity contribution < 1.29 is 18.7 Å². The zero-order chi connectivity index (χ0) is 27.0. The predicted octanol–water partition coefficient (Wildman–Crippen LogP) is 6.86. The summed E-state index contributed by atoms with van der Waals surface area (Å²) in [5.41, 5.74) is 5.03. The molecule has 0 fully saturated rings. The van der Waals surface area contributed by atoms with Gasteiger partial charge in [-0.25, -0.2) is 4.79 Å². The lowest BCUT2D eigenvalue weighted by atomic mass is 10.0. The molecule has 0 radical (unpaired) electrons. The molecule has 0 saturated heterocycles. The third kappa shape index (κ3) is 20.2. The van der Waals surface area contributed by atoms with Gasteiger partial charge in [0.25, 0.3) is 0 Å². The van der Waals surface area contributed by atoms with Crippen LogP contribution in [0.1, 0.15) is 110 Å². The number of unbranched alkanes of at least 4 members (excludes halogenated alkanes) is 13. The van der Waals surface area contributed by atoms with Crippen LogP contribution in [0.25, 0.3) is 0 Å². The molecule has 1 aromatic rings. The van der Waals surface area contributed by atoms with Crippen LogP contribution in [0, 0.1) is 0 Å². The lowest BCUT2D eigenvalue weighted by molar-refractivity contribution is 0.113. The molecular weight excluding hydrogens is 489 g/mol. The minimum Gasteiger partial charge on any atom is -0.383 e. The summed E-state index contributed by atoms with van der Waals surface area (Å²) in [5, 5.41) is 0. The van der Waals surface area contributed by atoms with E-state index in [0.29, 0.717) is 26.0 Å². The summed E-state index contributed by atoms with van der Waals surface area (Å²) in [6.07, 6.45) is 24.9. The van der Waals surface area contributed by atoms with Crippen molar-refractivity contribution in [2.75, 3.05) is 31.7 Å². The van der Waals surface area contributed by atoms with Crippen LogP contribution in [0.2, 0.25) is 0 Å². The van der Waals surface area contributed by atoms with Crippen LogP contribution in [-0.4, -0.2) is 40.4 Å². The molecule has 214 valence electrons. The second-order valence-corrected chi connectivity index (χ2v) is 11.8. The van der Waals surface area contributed by atoms with Crippen LogP contribution in [0.15, 0.2) is 29.2 Å². The summed E-state index contributed by atoms with van der Waals surface area (Å²) in [6.45, 7) is 4.10. The number of ether oxygens (including phenoxy) is 1. The Kier molecular flexibility index (Phi) is 20.4. The van der Waals surface area contributed by atoms with Crippen molar-refractivity contribution in [3.05, 3.63) is 34.9 Å². The molecule has 1 atom stereocenters. The SMILES string of the molecule is CCCCCCCCCCCCCCCCOCCCOP(=O)(O)CC/C=C/Cn1ccc(N)nc1=O. The Morgan fingerprint density at radius 1 is 0.892 bits per heavy atom. The number of hydrogen-bond donors (Lipinski definition) is 2. The maximum Gasteiger partial charge on any atom is 0.349 e. The molecule has 0 saturated carbocycles. The molecule has 1 unspecified atom stereocenters. The first-order valence-corrected chi connectivity index (χ1v) is 16.2. The first-order valence-electron chi connectivity index (χ1n) is 14.5. The van der Waals surface area contributed by atoms with E-state index in [0.717, 1.165) is 13.0 Å². The molecule has 1 heterocycles. The van der Waals surface area contributed by atoms with Crippen LogP contribution >= 0.6 is 7.60 Å². The van der Waals surface area contributed by atoms with Gasteiger partial charge in [-0.05, 0) is 25.3 Å². The topological polar surface area (TPSA) is 117 Å². The van der Waals surface area contributed by atoms with E-state index in [2.05, 4.69) is 11.9 Å². The lowest BCUT2D eigenvalue weighted by Gasteiger charge is -2.11. The average Bonchev–Trinajstić information content (AvgIpc) is 2.86. The highest BCUT2D eigenvalue weighted by Gasteiger charge is 2.17. The van der Waals surface area contributed by atoms with Crippen molar-refractivity contribution in [2.45, 2.75) is 116 Å². The number of anilines is 1. The molecule has 0 amide bonds. The average molecular weight is 542 g/mol. The van der Waals surface area contributed by atoms with Gasteiger partial charge in [-0.2, -0.15) is 4.98 Å². The number of hydrogen-bond acceptors (Lipinski definition) is 6. The Bertz CT molecular complexity index is 815. The third-order valence-electron chi connectivity index (χ3n) is 6.31. The third-order valence-corrected chi connectivity index (χ3v) is 7.72. The van der Waals surface area contributed by atoms with Gasteiger partial charge in [0.2, 0.25) is 0 Å². The van der Waals surface area contributed by atoms with Gasteiger partial charge in [0.05, 0.1) is 12.8 Å². The lowest BCUT2D eigenvalue weighted by Crippen LogP contribution is -2.22. The largest absolute Gasteiger partial charge is 0.383 e. The minimum atomic E-state index is -3.62. The van der Waals surface area contributed by atoms with E-state index < -0.39 is 13.3 Å². The maximum absolute atomic E-state index is 12.1. The van der Waals surface area contributed by atoms with Gasteiger partial charge in [0.15, 0.2) is 0 Å². The molecule has 8 nitrogen and oxygen atoms in total. The number of nitrogens with zero attached hydrogens (tertiary/aromatic N) is 2. The fraction of sp³-hybridized carbons (Fsp3) is 0.786. The number of rotatable bonds is 25. The molecule has 3 N–H and O–H groups in total. The Morgan fingerprint density at radius 2 is 1.46 bits per heavy atom. The molecule has 37 heavy (non-hydrogen) atoms. The second kappa shape index (κ2) is 22.5. The van der Waals surface area contributed by atoms with Crippen LogP contribution in [0.4, 0.5) is 5.82 Å². The van der Waals surface area contributed by atoms with Crippen LogP contribution < -0.4 is 11.4 Å². The summed E-state index contributed by atoms with van der Waals surface area (Å²) in [4.78, 5) is 25.2. The van der Waals surface area contributed by atoms with E-state index in [-0.39, 0.29) is 18.6 Å². The van der Waals surface area contributed by atoms with E-state index in [1.165, 1.54) is 88.0 Å². The van der Waals surface area contributed by atoms with Gasteiger partial charge < -0.3 is 19.9 Å². The maximum atomic E-state index is 12.1. The molecule has 0 aliphatic heterocycles. The smallest absolute Gasteiger partial charge is 0.349 e. The zero-order valence-electron chi connectivity index (χ0n) is 23.2. The number of allylic oxidation sites excluding steroid dienone is 2. The highest BCUT2D eigenvalue weighted by atomic mass is 31.2. The quantitative estimate of drug-likeness (QED) is 0.0789. The molecule has 0 aliphatic rings. The molecule has 0 aromatic carbocycles. The molecular formula is C28H52N3O5P. The number of nitrogens with two attached hydrogens (primary N) is 1. The second-order valence-electron chi connectivity index (χ2n) is 9.80. The molecule has 9 heteroatoms. The number of nitrogen functional groups attached to an aromatic ring is 1. The monoisotopic (exact) mass is 541 g/mol. The fourth-order valence-electron chi connectivity index (χ4n) is 4.06. The van der Waals surface area contributed by atoms with Crippen molar-refractivity contribution in [3.8, 4) is 0 Å². The van der Waals surface area contributed by atoms with Crippen LogP contribution in [0.5, 0.6) is 0 Å². The van der Waals surface area contributed by atoms with Crippen LogP contribution in [-0.2, 0) is 20.4 Å². The van der Waals surface area contributed by atoms with Gasteiger partial charge in [0.1, 0.15) is 5.82 Å². The van der Waals surface area contributed by atoms with Crippen molar-refractivity contribution in [1.29, 1.82) is 0 Å². The van der Waals surface area contributed by atoms with Gasteiger partial charge in [-0.1, -0.05) is 103 Å². The van der Waals surface area contributed by atoms with Gasteiger partial charge >= 0.3 is 13.3 Å². The highest BCUT2D eigenvalue weighted by Crippen LogP contribution is 2.42. The summed E-state index contributed by atoms with van der Waals surface area (Å²) in [7, 11) is -3.62. The zero-order valence-corrected chi connectivity index (χ0v) is 24.1. The standard InChI is InChI=1S/C28H52N3O5P/c1-2-3-4-5-6-7-8-9-10-11-12-13-14-17-23-35-24-19-25-36-37(33,34)26-18-15-16-21-31-22-20-27(29)30-28(31)32/h15-16,20,22H,2-14,17-19,21,23-26H2,1H3,(H,33,34)(H2,29,30,32)/b16-15+. The van der Waals surface area contributed by atoms with Gasteiger partial charge in [-0.15, -0.1) is 0 Å².